The molecule has 2 heterocycles. The van der Waals surface area contributed by atoms with E-state index in [9.17, 15) is 18.0 Å². The fourth-order valence-corrected chi connectivity index (χ4v) is 4.65. The number of anilines is 1. The lowest BCUT2D eigenvalue weighted by Gasteiger charge is -2.22. The summed E-state index contributed by atoms with van der Waals surface area (Å²) >= 11 is -0.549. The van der Waals surface area contributed by atoms with E-state index in [1.54, 1.807) is 25.1 Å². The van der Waals surface area contributed by atoms with Crippen LogP contribution >= 0.6 is 12.0 Å². The van der Waals surface area contributed by atoms with Crippen molar-refractivity contribution in [3.63, 3.8) is 0 Å². The van der Waals surface area contributed by atoms with Gasteiger partial charge in [-0.25, -0.2) is 0 Å². The molecule has 0 radical (unpaired) electrons. The Kier molecular flexibility index (Phi) is 7.42. The van der Waals surface area contributed by atoms with Gasteiger partial charge in [0.15, 0.2) is 12.0 Å². The minimum atomic E-state index is -4.55. The predicted octanol–water partition coefficient (Wildman–Crippen LogP) is 7.22. The van der Waals surface area contributed by atoms with Crippen molar-refractivity contribution in [3.05, 3.63) is 58.8 Å². The molecule has 0 atom stereocenters. The van der Waals surface area contributed by atoms with Gasteiger partial charge in [-0.3, -0.25) is 9.69 Å². The Morgan fingerprint density at radius 1 is 1.06 bits per heavy atom. The lowest BCUT2D eigenvalue weighted by atomic mass is 10.0. The van der Waals surface area contributed by atoms with Crippen molar-refractivity contribution in [1.29, 1.82) is 0 Å². The highest BCUT2D eigenvalue weighted by Crippen LogP contribution is 2.40. The molecule has 182 valence electrons. The van der Waals surface area contributed by atoms with Crippen molar-refractivity contribution < 1.29 is 26.6 Å². The molecule has 5 nitrogen and oxygen atoms in total. The second-order valence-electron chi connectivity index (χ2n) is 8.57. The quantitative estimate of drug-likeness (QED) is 0.368. The number of furan rings is 1. The Morgan fingerprint density at radius 2 is 1.74 bits per heavy atom. The SMILES string of the molecule is Cc1ccc(NC(=O)c2c(C)oc3ccc(OSC(F)(F)F)c(CN4CCCCCC4)c23)cc1. The molecule has 4 rings (SSSR count). The summed E-state index contributed by atoms with van der Waals surface area (Å²) in [7, 11) is 0. The average Bonchev–Trinajstić information content (AvgIpc) is 2.93. The Labute approximate surface area is 200 Å². The molecule has 9 heteroatoms. The summed E-state index contributed by atoms with van der Waals surface area (Å²) in [6.45, 7) is 5.68. The van der Waals surface area contributed by atoms with E-state index in [1.165, 1.54) is 6.07 Å². The molecule has 0 bridgehead atoms. The van der Waals surface area contributed by atoms with Crippen LogP contribution in [0, 0.1) is 13.8 Å². The summed E-state index contributed by atoms with van der Waals surface area (Å²) in [5, 5.41) is 3.37. The summed E-state index contributed by atoms with van der Waals surface area (Å²) in [6, 6.07) is 10.4. The van der Waals surface area contributed by atoms with Crippen molar-refractivity contribution >= 4 is 34.6 Å². The monoisotopic (exact) mass is 492 g/mol. The van der Waals surface area contributed by atoms with Gasteiger partial charge in [-0.2, -0.15) is 13.2 Å². The number of nitrogens with one attached hydrogen (secondary N) is 1. The van der Waals surface area contributed by atoms with Gasteiger partial charge in [-0.1, -0.05) is 30.5 Å². The van der Waals surface area contributed by atoms with Crippen LogP contribution in [0.15, 0.2) is 40.8 Å². The molecule has 0 saturated carbocycles. The molecule has 1 N–H and O–H groups in total. The second-order valence-corrected chi connectivity index (χ2v) is 9.37. The normalized spacial score (nSPS) is 15.3. The number of fused-ring (bicyclic) bond motifs is 1. The van der Waals surface area contributed by atoms with Crippen molar-refractivity contribution in [2.75, 3.05) is 18.4 Å². The first kappa shape index (κ1) is 24.5. The zero-order valence-corrected chi connectivity index (χ0v) is 19.9. The van der Waals surface area contributed by atoms with Gasteiger partial charge in [-0.05, 0) is 64.0 Å². The van der Waals surface area contributed by atoms with Gasteiger partial charge >= 0.3 is 5.51 Å². The number of hydrogen-bond donors (Lipinski definition) is 1. The van der Waals surface area contributed by atoms with Crippen molar-refractivity contribution in [1.82, 2.24) is 4.90 Å². The number of alkyl halides is 3. The topological polar surface area (TPSA) is 54.7 Å². The minimum absolute atomic E-state index is 0.0873. The summed E-state index contributed by atoms with van der Waals surface area (Å²) in [6.07, 6.45) is 4.30. The van der Waals surface area contributed by atoms with Gasteiger partial charge in [0, 0.05) is 23.2 Å². The van der Waals surface area contributed by atoms with Crippen LogP contribution in [0.25, 0.3) is 11.0 Å². The number of carbonyl (C=O) groups is 1. The molecule has 3 aromatic rings. The van der Waals surface area contributed by atoms with Gasteiger partial charge in [0.05, 0.1) is 5.56 Å². The maximum absolute atomic E-state index is 13.3. The highest BCUT2D eigenvalue weighted by atomic mass is 32.2. The number of likely N-dealkylation sites (tertiary alicyclic amines) is 1. The maximum atomic E-state index is 13.3. The number of hydrogen-bond acceptors (Lipinski definition) is 5. The number of rotatable bonds is 6. The predicted molar refractivity (Wildman–Crippen MR) is 128 cm³/mol. The summed E-state index contributed by atoms with van der Waals surface area (Å²) in [5.41, 5.74) is -1.58. The second kappa shape index (κ2) is 10.3. The van der Waals surface area contributed by atoms with Crippen LogP contribution in [0.1, 0.15) is 52.9 Å². The molecule has 1 saturated heterocycles. The molecule has 34 heavy (non-hydrogen) atoms. The summed E-state index contributed by atoms with van der Waals surface area (Å²) in [4.78, 5) is 15.5. The smallest absolute Gasteiger partial charge is 0.460 e. The lowest BCUT2D eigenvalue weighted by Crippen LogP contribution is -2.24. The number of halogens is 3. The fourth-order valence-electron chi connectivity index (χ4n) is 4.31. The van der Waals surface area contributed by atoms with Gasteiger partial charge < -0.3 is 13.9 Å². The number of carbonyl (C=O) groups excluding carboxylic acids is 1. The van der Waals surface area contributed by atoms with E-state index < -0.39 is 17.6 Å². The van der Waals surface area contributed by atoms with E-state index in [0.717, 1.165) is 44.3 Å². The third-order valence-corrected chi connectivity index (χ3v) is 6.39. The van der Waals surface area contributed by atoms with Gasteiger partial charge in [0.1, 0.15) is 17.1 Å². The van der Waals surface area contributed by atoms with Crippen LogP contribution in [0.3, 0.4) is 0 Å². The third kappa shape index (κ3) is 5.88. The van der Waals surface area contributed by atoms with Crippen LogP contribution < -0.4 is 9.50 Å². The maximum Gasteiger partial charge on any atom is 0.479 e. The molecule has 1 aliphatic rings. The van der Waals surface area contributed by atoms with Crippen LogP contribution in [0.4, 0.5) is 18.9 Å². The van der Waals surface area contributed by atoms with E-state index >= 15 is 0 Å². The molecular weight excluding hydrogens is 465 g/mol. The van der Waals surface area contributed by atoms with E-state index in [1.807, 2.05) is 19.1 Å². The first-order chi connectivity index (χ1) is 16.2. The largest absolute Gasteiger partial charge is 0.479 e. The van der Waals surface area contributed by atoms with E-state index in [2.05, 4.69) is 10.2 Å². The van der Waals surface area contributed by atoms with Crippen molar-refractivity contribution in [2.24, 2.45) is 0 Å². The molecule has 0 aliphatic carbocycles. The zero-order chi connectivity index (χ0) is 24.3. The third-order valence-electron chi connectivity index (χ3n) is 5.94. The molecule has 1 aliphatic heterocycles. The number of nitrogens with zero attached hydrogens (tertiary/aromatic N) is 1. The zero-order valence-electron chi connectivity index (χ0n) is 19.1. The number of aryl methyl sites for hydroxylation is 2. The van der Waals surface area contributed by atoms with Crippen LogP contribution in [0.5, 0.6) is 5.75 Å². The molecule has 1 aromatic heterocycles. The Hall–Kier alpha value is -2.65. The number of amides is 1. The van der Waals surface area contributed by atoms with Gasteiger partial charge in [0.25, 0.3) is 5.91 Å². The Morgan fingerprint density at radius 3 is 2.38 bits per heavy atom. The van der Waals surface area contributed by atoms with Crippen LogP contribution in [-0.2, 0) is 6.54 Å². The van der Waals surface area contributed by atoms with Gasteiger partial charge in [-0.15, -0.1) is 0 Å². The molecule has 0 spiro atoms. The van der Waals surface area contributed by atoms with Crippen molar-refractivity contribution in [2.45, 2.75) is 51.6 Å². The first-order valence-electron chi connectivity index (χ1n) is 11.3. The van der Waals surface area contributed by atoms with Crippen LogP contribution in [-0.4, -0.2) is 29.4 Å². The molecule has 0 unspecified atom stereocenters. The fraction of sp³-hybridized carbons (Fsp3) is 0.400. The Balaban J connectivity index is 1.76. The summed E-state index contributed by atoms with van der Waals surface area (Å²) in [5.74, 6) is 0.111. The molecule has 2 aromatic carbocycles. The standard InChI is InChI=1S/C25H27F3N2O3S/c1-16-7-9-18(10-8-16)29-24(31)22-17(2)32-21-12-11-20(33-34-25(26,27)28)19(23(21)22)15-30-13-5-3-4-6-14-30/h7-12H,3-6,13-15H2,1-2H3,(H,29,31). The minimum Gasteiger partial charge on any atom is -0.460 e. The van der Waals surface area contributed by atoms with E-state index in [0.29, 0.717) is 40.1 Å². The van der Waals surface area contributed by atoms with Crippen molar-refractivity contribution in [3.8, 4) is 5.75 Å². The molecule has 1 fully saturated rings. The van der Waals surface area contributed by atoms with E-state index in [-0.39, 0.29) is 11.7 Å². The average molecular weight is 493 g/mol. The lowest BCUT2D eigenvalue weighted by molar-refractivity contribution is -0.0370. The first-order valence-corrected chi connectivity index (χ1v) is 12.0. The van der Waals surface area contributed by atoms with E-state index in [4.69, 9.17) is 8.60 Å². The molecule has 1 amide bonds. The Bertz CT molecular complexity index is 1150. The van der Waals surface area contributed by atoms with Gasteiger partial charge in [0.2, 0.25) is 0 Å². The van der Waals surface area contributed by atoms with Crippen LogP contribution in [0.2, 0.25) is 0 Å². The number of benzene rings is 2. The molecular formula is C25H27F3N2O3S. The highest BCUT2D eigenvalue weighted by molar-refractivity contribution is 7.95. The summed E-state index contributed by atoms with van der Waals surface area (Å²) < 4.78 is 49.8. The highest BCUT2D eigenvalue weighted by Gasteiger charge is 2.33.